The summed E-state index contributed by atoms with van der Waals surface area (Å²) in [5, 5.41) is 3.23. The van der Waals surface area contributed by atoms with Crippen molar-refractivity contribution in [1.29, 1.82) is 0 Å². The summed E-state index contributed by atoms with van der Waals surface area (Å²) < 4.78 is 0. The highest BCUT2D eigenvalue weighted by molar-refractivity contribution is 5.32. The minimum atomic E-state index is 0.202. The Labute approximate surface area is 104 Å². The summed E-state index contributed by atoms with van der Waals surface area (Å²) in [5.41, 5.74) is 8.31. The average Bonchev–Trinajstić information content (AvgIpc) is 2.25. The van der Waals surface area contributed by atoms with Crippen molar-refractivity contribution in [2.75, 3.05) is 26.7 Å². The summed E-state index contributed by atoms with van der Waals surface area (Å²) in [4.78, 5) is 4.82. The minimum Gasteiger partial charge on any atom is -0.396 e. The van der Waals surface area contributed by atoms with Crippen LogP contribution in [0.1, 0.15) is 20.8 Å². The van der Waals surface area contributed by atoms with Crippen molar-refractivity contribution in [2.24, 2.45) is 5.73 Å². The van der Waals surface area contributed by atoms with E-state index in [9.17, 15) is 0 Å². The molecule has 0 saturated carbocycles. The number of dihydropyridines is 1. The molecule has 1 unspecified atom stereocenters. The molecule has 1 fully saturated rings. The lowest BCUT2D eigenvalue weighted by Gasteiger charge is -2.47. The third kappa shape index (κ3) is 2.41. The second-order valence-corrected chi connectivity index (χ2v) is 5.76. The first-order valence-electron chi connectivity index (χ1n) is 6.30. The van der Waals surface area contributed by atoms with Crippen LogP contribution >= 0.6 is 0 Å². The maximum atomic E-state index is 6.07. The van der Waals surface area contributed by atoms with E-state index in [2.05, 4.69) is 49.0 Å². The Kier molecular flexibility index (Phi) is 3.08. The largest absolute Gasteiger partial charge is 0.396 e. The number of hydrogen-bond donors (Lipinski definition) is 2. The van der Waals surface area contributed by atoms with E-state index in [-0.39, 0.29) is 5.54 Å². The number of nitrogens with two attached hydrogens (primary N) is 1. The van der Waals surface area contributed by atoms with Gasteiger partial charge in [-0.25, -0.2) is 0 Å². The maximum Gasteiger partial charge on any atom is 0.0709 e. The molecule has 0 aromatic rings. The van der Waals surface area contributed by atoms with Crippen molar-refractivity contribution in [1.82, 2.24) is 15.1 Å². The summed E-state index contributed by atoms with van der Waals surface area (Å²) >= 11 is 0. The molecular formula is C13H24N4. The van der Waals surface area contributed by atoms with Gasteiger partial charge in [0.05, 0.1) is 11.4 Å². The van der Waals surface area contributed by atoms with Gasteiger partial charge in [0.15, 0.2) is 0 Å². The van der Waals surface area contributed by atoms with Crippen LogP contribution in [0.25, 0.3) is 0 Å². The van der Waals surface area contributed by atoms with Gasteiger partial charge in [0.2, 0.25) is 0 Å². The molecule has 96 valence electrons. The second-order valence-electron chi connectivity index (χ2n) is 5.76. The number of nitrogens with zero attached hydrogens (tertiary/aromatic N) is 2. The van der Waals surface area contributed by atoms with Gasteiger partial charge in [-0.1, -0.05) is 0 Å². The molecule has 2 heterocycles. The molecule has 0 radical (unpaired) electrons. The van der Waals surface area contributed by atoms with E-state index in [1.807, 2.05) is 6.20 Å². The Balaban J connectivity index is 2.16. The van der Waals surface area contributed by atoms with Gasteiger partial charge in [0.1, 0.15) is 0 Å². The van der Waals surface area contributed by atoms with Gasteiger partial charge < -0.3 is 16.0 Å². The van der Waals surface area contributed by atoms with Crippen LogP contribution in [0.2, 0.25) is 0 Å². The first-order chi connectivity index (χ1) is 7.90. The van der Waals surface area contributed by atoms with Crippen LogP contribution in [0.4, 0.5) is 0 Å². The Hall–Kier alpha value is -1.16. The highest BCUT2D eigenvalue weighted by Crippen LogP contribution is 2.24. The highest BCUT2D eigenvalue weighted by atomic mass is 15.3. The van der Waals surface area contributed by atoms with E-state index in [1.165, 1.54) is 5.70 Å². The molecule has 4 nitrogen and oxygen atoms in total. The lowest BCUT2D eigenvalue weighted by Crippen LogP contribution is -2.57. The quantitative estimate of drug-likeness (QED) is 0.703. The molecule has 2 rings (SSSR count). The van der Waals surface area contributed by atoms with E-state index in [0.29, 0.717) is 6.04 Å². The fourth-order valence-electron chi connectivity index (χ4n) is 2.41. The molecule has 0 aromatic carbocycles. The number of piperazine rings is 1. The van der Waals surface area contributed by atoms with Crippen molar-refractivity contribution in [3.05, 3.63) is 23.7 Å². The number of nitrogens with one attached hydrogen (secondary N) is 1. The van der Waals surface area contributed by atoms with Gasteiger partial charge in [-0.2, -0.15) is 0 Å². The number of hydrogen-bond acceptors (Lipinski definition) is 4. The van der Waals surface area contributed by atoms with Gasteiger partial charge in [-0.3, -0.25) is 4.90 Å². The minimum absolute atomic E-state index is 0.202. The summed E-state index contributed by atoms with van der Waals surface area (Å²) in [6, 6.07) is 0.361. The second kappa shape index (κ2) is 4.26. The first kappa shape index (κ1) is 12.3. The van der Waals surface area contributed by atoms with Gasteiger partial charge >= 0.3 is 0 Å². The predicted molar refractivity (Wildman–Crippen MR) is 71.2 cm³/mol. The van der Waals surface area contributed by atoms with Crippen LogP contribution in [0.5, 0.6) is 0 Å². The van der Waals surface area contributed by atoms with Crippen LogP contribution < -0.4 is 11.1 Å². The smallest absolute Gasteiger partial charge is 0.0709 e. The Bertz CT molecular complexity index is 356. The molecule has 0 aromatic heterocycles. The van der Waals surface area contributed by atoms with E-state index >= 15 is 0 Å². The van der Waals surface area contributed by atoms with E-state index in [0.717, 1.165) is 25.3 Å². The fraction of sp³-hybridized carbons (Fsp3) is 0.692. The van der Waals surface area contributed by atoms with Crippen molar-refractivity contribution >= 4 is 0 Å². The molecule has 1 saturated heterocycles. The third-order valence-corrected chi connectivity index (χ3v) is 3.86. The summed E-state index contributed by atoms with van der Waals surface area (Å²) in [7, 11) is 2.19. The Morgan fingerprint density at radius 3 is 2.76 bits per heavy atom. The van der Waals surface area contributed by atoms with Crippen molar-refractivity contribution < 1.29 is 0 Å². The molecule has 2 aliphatic rings. The maximum absolute atomic E-state index is 6.07. The van der Waals surface area contributed by atoms with Gasteiger partial charge in [0.25, 0.3) is 0 Å². The standard InChI is InChI=1S/C13H24N4/c1-10-7-12(11(14)8-15-10)17-6-5-16(4)13(2,3)9-17/h7-8,10,15H,5-6,9,14H2,1-4H3. The van der Waals surface area contributed by atoms with Crippen LogP contribution in [0, 0.1) is 0 Å². The third-order valence-electron chi connectivity index (χ3n) is 3.86. The van der Waals surface area contributed by atoms with Crippen LogP contribution in [-0.4, -0.2) is 48.1 Å². The normalized spacial score (nSPS) is 29.4. The Morgan fingerprint density at radius 1 is 1.41 bits per heavy atom. The molecule has 0 aliphatic carbocycles. The van der Waals surface area contributed by atoms with E-state index in [4.69, 9.17) is 5.73 Å². The van der Waals surface area contributed by atoms with Gasteiger partial charge in [-0.15, -0.1) is 0 Å². The molecular weight excluding hydrogens is 212 g/mol. The zero-order chi connectivity index (χ0) is 12.6. The van der Waals surface area contributed by atoms with Crippen molar-refractivity contribution in [3.63, 3.8) is 0 Å². The topological polar surface area (TPSA) is 44.5 Å². The van der Waals surface area contributed by atoms with Gasteiger partial charge in [-0.05, 0) is 33.9 Å². The number of rotatable bonds is 1. The SMILES string of the molecule is CC1C=C(N2CCN(C)C(C)(C)C2)C(N)=CN1. The monoisotopic (exact) mass is 236 g/mol. The zero-order valence-corrected chi connectivity index (χ0v) is 11.3. The zero-order valence-electron chi connectivity index (χ0n) is 11.3. The van der Waals surface area contributed by atoms with Crippen LogP contribution in [0.15, 0.2) is 23.7 Å². The lowest BCUT2D eigenvalue weighted by atomic mass is 9.98. The molecule has 2 aliphatic heterocycles. The predicted octanol–water partition coefficient (Wildman–Crippen LogP) is 0.688. The van der Waals surface area contributed by atoms with Crippen LogP contribution in [0.3, 0.4) is 0 Å². The van der Waals surface area contributed by atoms with E-state index in [1.54, 1.807) is 0 Å². The lowest BCUT2D eigenvalue weighted by molar-refractivity contribution is 0.0586. The number of likely N-dealkylation sites (N-methyl/N-ethyl adjacent to an activating group) is 1. The fourth-order valence-corrected chi connectivity index (χ4v) is 2.41. The summed E-state index contributed by atoms with van der Waals surface area (Å²) in [5.74, 6) is 0. The molecule has 0 amide bonds. The highest BCUT2D eigenvalue weighted by Gasteiger charge is 2.32. The Morgan fingerprint density at radius 2 is 2.12 bits per heavy atom. The molecule has 1 atom stereocenters. The molecule has 0 bridgehead atoms. The summed E-state index contributed by atoms with van der Waals surface area (Å²) in [6.07, 6.45) is 4.14. The van der Waals surface area contributed by atoms with E-state index < -0.39 is 0 Å². The van der Waals surface area contributed by atoms with Crippen molar-refractivity contribution in [2.45, 2.75) is 32.4 Å². The van der Waals surface area contributed by atoms with Gasteiger partial charge in [0, 0.05) is 37.4 Å². The molecule has 17 heavy (non-hydrogen) atoms. The molecule has 4 heteroatoms. The average molecular weight is 236 g/mol. The van der Waals surface area contributed by atoms with Crippen LogP contribution in [-0.2, 0) is 0 Å². The molecule has 0 spiro atoms. The van der Waals surface area contributed by atoms with Crippen molar-refractivity contribution in [3.8, 4) is 0 Å². The molecule has 3 N–H and O–H groups in total. The summed E-state index contributed by atoms with van der Waals surface area (Å²) in [6.45, 7) is 9.86. The first-order valence-corrected chi connectivity index (χ1v) is 6.30.